The van der Waals surface area contributed by atoms with Crippen LogP contribution in [0, 0.1) is 0 Å². The highest BCUT2D eigenvalue weighted by atomic mass is 32.1. The summed E-state index contributed by atoms with van der Waals surface area (Å²) in [4.78, 5) is 15.2. The van der Waals surface area contributed by atoms with Gasteiger partial charge in [-0.15, -0.1) is 22.7 Å². The lowest BCUT2D eigenvalue weighted by molar-refractivity contribution is 0.425. The molecule has 11 rings (SSSR count). The molecule has 0 fully saturated rings. The monoisotopic (exact) mass is 689 g/mol. The van der Waals surface area contributed by atoms with Gasteiger partial charge in [-0.25, -0.2) is 15.0 Å². The molecular formula is C45H27N3OS2. The Bertz CT molecular complexity index is 2940. The van der Waals surface area contributed by atoms with Gasteiger partial charge in [0, 0.05) is 68.5 Å². The fraction of sp³-hybridized carbons (Fsp3) is 0.0444. The zero-order chi connectivity index (χ0) is 33.5. The lowest BCUT2D eigenvalue weighted by Gasteiger charge is -2.15. The molecule has 3 aromatic heterocycles. The molecule has 6 heteroatoms. The summed E-state index contributed by atoms with van der Waals surface area (Å²) in [6.07, 6.45) is 7.41. The van der Waals surface area contributed by atoms with Crippen LogP contribution in [0.1, 0.15) is 17.9 Å². The number of benzene rings is 6. The fourth-order valence-corrected chi connectivity index (χ4v) is 10.1. The van der Waals surface area contributed by atoms with E-state index in [0.29, 0.717) is 17.5 Å². The number of rotatable bonds is 4. The minimum atomic E-state index is 0.258. The quantitative estimate of drug-likeness (QED) is 0.185. The van der Waals surface area contributed by atoms with Crippen LogP contribution in [0.5, 0.6) is 5.75 Å². The highest BCUT2D eigenvalue weighted by Crippen LogP contribution is 2.51. The Kier molecular flexibility index (Phi) is 6.38. The topological polar surface area (TPSA) is 47.9 Å². The zero-order valence-electron chi connectivity index (χ0n) is 27.2. The van der Waals surface area contributed by atoms with E-state index in [-0.39, 0.29) is 5.92 Å². The first-order valence-corrected chi connectivity index (χ1v) is 18.8. The van der Waals surface area contributed by atoms with Gasteiger partial charge >= 0.3 is 0 Å². The molecule has 4 heterocycles. The second-order valence-corrected chi connectivity index (χ2v) is 15.2. The van der Waals surface area contributed by atoms with Gasteiger partial charge in [-0.3, -0.25) is 0 Å². The number of nitrogens with zero attached hydrogens (tertiary/aromatic N) is 3. The number of hydrogen-bond donors (Lipinski definition) is 0. The molecule has 0 saturated carbocycles. The zero-order valence-corrected chi connectivity index (χ0v) is 28.8. The average molecular weight is 690 g/mol. The Morgan fingerprint density at radius 1 is 0.529 bits per heavy atom. The highest BCUT2D eigenvalue weighted by molar-refractivity contribution is 7.26. The summed E-state index contributed by atoms with van der Waals surface area (Å²) in [5.74, 6) is 4.27. The molecule has 6 aromatic carbocycles. The van der Waals surface area contributed by atoms with Crippen molar-refractivity contribution < 1.29 is 4.74 Å². The van der Waals surface area contributed by atoms with Crippen LogP contribution in [-0.4, -0.2) is 15.0 Å². The van der Waals surface area contributed by atoms with E-state index in [1.807, 2.05) is 29.5 Å². The molecule has 9 aromatic rings. The Balaban J connectivity index is 1.06. The van der Waals surface area contributed by atoms with Crippen molar-refractivity contribution in [2.24, 2.45) is 0 Å². The van der Waals surface area contributed by atoms with Gasteiger partial charge in [0.25, 0.3) is 0 Å². The van der Waals surface area contributed by atoms with Gasteiger partial charge in [-0.1, -0.05) is 115 Å². The number of aromatic nitrogens is 3. The van der Waals surface area contributed by atoms with Gasteiger partial charge in [0.15, 0.2) is 17.5 Å². The molecule has 1 aliphatic heterocycles. The molecule has 0 spiro atoms. The number of fused-ring (bicyclic) bond motifs is 9. The van der Waals surface area contributed by atoms with E-state index in [4.69, 9.17) is 19.7 Å². The van der Waals surface area contributed by atoms with Crippen LogP contribution in [0.3, 0.4) is 0 Å². The second-order valence-electron chi connectivity index (χ2n) is 13.1. The molecule has 0 amide bonds. The molecule has 0 radical (unpaired) electrons. The van der Waals surface area contributed by atoms with Crippen molar-refractivity contribution in [1.29, 1.82) is 0 Å². The molecule has 1 unspecified atom stereocenters. The van der Waals surface area contributed by atoms with Crippen molar-refractivity contribution in [3.8, 4) is 51.0 Å². The van der Waals surface area contributed by atoms with E-state index in [9.17, 15) is 0 Å². The van der Waals surface area contributed by atoms with Crippen molar-refractivity contribution >= 4 is 63.0 Å². The van der Waals surface area contributed by atoms with Crippen LogP contribution in [-0.2, 0) is 0 Å². The van der Waals surface area contributed by atoms with Crippen LogP contribution in [0.4, 0.5) is 0 Å². The summed E-state index contributed by atoms with van der Waals surface area (Å²) >= 11 is 3.64. The first kappa shape index (κ1) is 28.8. The molecule has 240 valence electrons. The summed E-state index contributed by atoms with van der Waals surface area (Å²) in [7, 11) is 0. The lowest BCUT2D eigenvalue weighted by atomic mass is 9.86. The second kappa shape index (κ2) is 11.3. The summed E-state index contributed by atoms with van der Waals surface area (Å²) in [5, 5.41) is 5.03. The van der Waals surface area contributed by atoms with Gasteiger partial charge in [-0.2, -0.15) is 0 Å². The van der Waals surface area contributed by atoms with Gasteiger partial charge in [0.05, 0.1) is 0 Å². The molecule has 4 nitrogen and oxygen atoms in total. The average Bonchev–Trinajstić information content (AvgIpc) is 3.88. The van der Waals surface area contributed by atoms with E-state index in [2.05, 4.69) is 127 Å². The third-order valence-corrected chi connectivity index (χ3v) is 12.4. The van der Waals surface area contributed by atoms with Gasteiger partial charge in [0.1, 0.15) is 11.5 Å². The maximum absolute atomic E-state index is 6.32. The number of hydrogen-bond acceptors (Lipinski definition) is 6. The van der Waals surface area contributed by atoms with Crippen LogP contribution in [0.2, 0.25) is 0 Å². The molecule has 2 aliphatic rings. The third kappa shape index (κ3) is 4.61. The Morgan fingerprint density at radius 2 is 1.18 bits per heavy atom. The van der Waals surface area contributed by atoms with Gasteiger partial charge in [0.2, 0.25) is 0 Å². The first-order chi connectivity index (χ1) is 25.2. The molecule has 1 aliphatic carbocycles. The molecule has 0 bridgehead atoms. The SMILES string of the molecule is C1=CCC2C(=C1)Oc1cccc(-c3cccc4c3sc3cc(-c5nc(-c6ccccc6)nc(-c6ccc7c(c6)sc6ccccc67)n5)ccc34)c12. The number of allylic oxidation sites excluding steroid dienone is 4. The van der Waals surface area contributed by atoms with E-state index in [0.717, 1.165) is 34.6 Å². The Morgan fingerprint density at radius 3 is 2.00 bits per heavy atom. The van der Waals surface area contributed by atoms with Crippen LogP contribution in [0.15, 0.2) is 151 Å². The van der Waals surface area contributed by atoms with Crippen LogP contribution < -0.4 is 4.74 Å². The summed E-state index contributed by atoms with van der Waals surface area (Å²) in [6.45, 7) is 0. The van der Waals surface area contributed by atoms with Gasteiger partial charge in [-0.05, 0) is 47.9 Å². The van der Waals surface area contributed by atoms with Crippen molar-refractivity contribution in [3.63, 3.8) is 0 Å². The first-order valence-electron chi connectivity index (χ1n) is 17.1. The van der Waals surface area contributed by atoms with Gasteiger partial charge < -0.3 is 4.74 Å². The van der Waals surface area contributed by atoms with E-state index < -0.39 is 0 Å². The Hall–Kier alpha value is -5.95. The largest absolute Gasteiger partial charge is 0.461 e. The summed E-state index contributed by atoms with van der Waals surface area (Å²) < 4.78 is 11.3. The third-order valence-electron chi connectivity index (χ3n) is 10.1. The van der Waals surface area contributed by atoms with E-state index in [1.165, 1.54) is 57.0 Å². The molecule has 51 heavy (non-hydrogen) atoms. The minimum Gasteiger partial charge on any atom is -0.461 e. The van der Waals surface area contributed by atoms with Crippen LogP contribution in [0.25, 0.3) is 85.6 Å². The molecule has 0 saturated heterocycles. The van der Waals surface area contributed by atoms with Crippen LogP contribution >= 0.6 is 22.7 Å². The molecule has 0 N–H and O–H groups in total. The van der Waals surface area contributed by atoms with E-state index >= 15 is 0 Å². The lowest BCUT2D eigenvalue weighted by Crippen LogP contribution is -2.01. The smallest absolute Gasteiger partial charge is 0.164 e. The predicted molar refractivity (Wildman–Crippen MR) is 213 cm³/mol. The van der Waals surface area contributed by atoms with Crippen molar-refractivity contribution in [1.82, 2.24) is 15.0 Å². The maximum Gasteiger partial charge on any atom is 0.164 e. The highest BCUT2D eigenvalue weighted by Gasteiger charge is 2.33. The summed E-state index contributed by atoms with van der Waals surface area (Å²) in [6, 6.07) is 45.1. The van der Waals surface area contributed by atoms with Crippen molar-refractivity contribution in [3.05, 3.63) is 157 Å². The van der Waals surface area contributed by atoms with Crippen molar-refractivity contribution in [2.45, 2.75) is 12.3 Å². The normalized spacial score (nSPS) is 15.0. The number of thiophene rings is 2. The predicted octanol–water partition coefficient (Wildman–Crippen LogP) is 12.6. The van der Waals surface area contributed by atoms with Crippen molar-refractivity contribution in [2.75, 3.05) is 0 Å². The minimum absolute atomic E-state index is 0.258. The fourth-order valence-electron chi connectivity index (χ4n) is 7.69. The summed E-state index contributed by atoms with van der Waals surface area (Å²) in [5.41, 5.74) is 6.70. The molecule has 1 atom stereocenters. The Labute approximate surface area is 301 Å². The molecular weight excluding hydrogens is 663 g/mol. The standard InChI is InChI=1S/C45H27N3OS2/c1-2-10-26(11-3-1)43-46-44(27-20-22-30-29-12-5-7-19-38(29)50-39(30)24-27)48-45(47-43)28-21-23-31-33-15-8-16-34(42(33)51-40(31)25-28)32-14-9-18-37-41(32)35-13-4-6-17-36(35)49-37/h1-12,14-25,35H,13H2. The maximum atomic E-state index is 6.32. The van der Waals surface area contributed by atoms with E-state index in [1.54, 1.807) is 11.3 Å². The number of ether oxygens (including phenoxy) is 1.